The number of hydrogen-bond donors (Lipinski definition) is 0. The molecule has 0 saturated carbocycles. The molecule has 0 aliphatic rings. The van der Waals surface area contributed by atoms with Crippen molar-refractivity contribution in [2.45, 2.75) is 0 Å². The van der Waals surface area contributed by atoms with Crippen molar-refractivity contribution in [2.75, 3.05) is 0 Å². The van der Waals surface area contributed by atoms with E-state index in [0.717, 1.165) is 0 Å². The van der Waals surface area contributed by atoms with Crippen LogP contribution in [0.1, 0.15) is 0 Å². The van der Waals surface area contributed by atoms with Crippen LogP contribution in [0.25, 0.3) is 0 Å². The average molecular weight is 244 g/mol. The van der Waals surface area contributed by atoms with Crippen molar-refractivity contribution in [3.63, 3.8) is 0 Å². The van der Waals surface area contributed by atoms with Crippen molar-refractivity contribution in [2.24, 2.45) is 0 Å². The second-order valence-electron chi connectivity index (χ2n) is 0.971. The van der Waals surface area contributed by atoms with Gasteiger partial charge in [-0.2, -0.15) is 0 Å². The zero-order chi connectivity index (χ0) is 6.57. The molecule has 0 saturated heterocycles. The molecular weight excluding hydrogens is 242 g/mol. The Morgan fingerprint density at radius 2 is 1.20 bits per heavy atom. The molecule has 0 N–H and O–H groups in total. The van der Waals surface area contributed by atoms with E-state index in [1.165, 1.54) is 0 Å². The van der Waals surface area contributed by atoms with Gasteiger partial charge in [-0.05, 0) is 12.2 Å². The van der Waals surface area contributed by atoms with Gasteiger partial charge >= 0.3 is 77.6 Å². The fourth-order valence-corrected chi connectivity index (χ4v) is 0.136. The van der Waals surface area contributed by atoms with Gasteiger partial charge in [-0.3, -0.25) is 0 Å². The van der Waals surface area contributed by atoms with Crippen LogP contribution in [0.5, 0.6) is 0 Å². The first kappa shape index (κ1) is 17.3. The van der Waals surface area contributed by atoms with Crippen molar-refractivity contribution in [3.8, 4) is 0 Å². The molecule has 0 bridgehead atoms. The van der Waals surface area contributed by atoms with Gasteiger partial charge in [-0.1, -0.05) is 0 Å². The molecule has 0 atom stereocenters. The molecular formula is C4H2KO4Zr+3. The van der Waals surface area contributed by atoms with Crippen molar-refractivity contribution >= 4 is 11.9 Å². The zero-order valence-corrected chi connectivity index (χ0v) is 10.9. The Bertz CT molecular complexity index is 128. The summed E-state index contributed by atoms with van der Waals surface area (Å²) < 4.78 is 0. The summed E-state index contributed by atoms with van der Waals surface area (Å²) in [6.07, 6.45) is 0.769. The van der Waals surface area contributed by atoms with E-state index in [2.05, 4.69) is 0 Å². The van der Waals surface area contributed by atoms with Crippen molar-refractivity contribution in [1.29, 1.82) is 0 Å². The van der Waals surface area contributed by atoms with Crippen molar-refractivity contribution < 1.29 is 97.4 Å². The maximum atomic E-state index is 9.41. The van der Waals surface area contributed by atoms with Crippen LogP contribution >= 0.6 is 0 Å². The number of rotatable bonds is 2. The number of carboxylic acid groups (broad SMARTS) is 2. The van der Waals surface area contributed by atoms with Crippen LogP contribution < -0.4 is 61.6 Å². The zero-order valence-electron chi connectivity index (χ0n) is 5.29. The van der Waals surface area contributed by atoms with Gasteiger partial charge in [0, 0.05) is 0 Å². The summed E-state index contributed by atoms with van der Waals surface area (Å²) in [7, 11) is 0. The molecule has 0 amide bonds. The summed E-state index contributed by atoms with van der Waals surface area (Å²) in [4.78, 5) is 18.8. The molecule has 0 aromatic heterocycles. The largest absolute Gasteiger partial charge is 4.00 e. The normalized spacial score (nSPS) is 7.60. The van der Waals surface area contributed by atoms with Crippen LogP contribution in [0.2, 0.25) is 0 Å². The molecule has 0 unspecified atom stereocenters. The second-order valence-corrected chi connectivity index (χ2v) is 0.971. The second kappa shape index (κ2) is 10.2. The van der Waals surface area contributed by atoms with E-state index in [-0.39, 0.29) is 77.6 Å². The maximum absolute atomic E-state index is 9.41. The summed E-state index contributed by atoms with van der Waals surface area (Å²) in [6, 6.07) is 0. The predicted molar refractivity (Wildman–Crippen MR) is 19.2 cm³/mol. The topological polar surface area (TPSA) is 80.3 Å². The molecule has 0 rings (SSSR count). The van der Waals surface area contributed by atoms with E-state index in [1.807, 2.05) is 0 Å². The van der Waals surface area contributed by atoms with E-state index in [9.17, 15) is 19.8 Å². The molecule has 0 aromatic carbocycles. The third-order valence-electron chi connectivity index (χ3n) is 0.355. The minimum atomic E-state index is -1.55. The van der Waals surface area contributed by atoms with E-state index in [1.54, 1.807) is 0 Å². The van der Waals surface area contributed by atoms with Gasteiger partial charge in [0.2, 0.25) is 0 Å². The summed E-state index contributed by atoms with van der Waals surface area (Å²) in [6.45, 7) is 0. The van der Waals surface area contributed by atoms with Gasteiger partial charge in [-0.15, -0.1) is 0 Å². The first-order chi connectivity index (χ1) is 3.63. The number of carbonyl (C=O) groups is 2. The standard InChI is InChI=1S/C4H4O4.K.Zr/c5-3(6)1-2-4(7)8;;/h1-2H,(H,5,6)(H,7,8);;/q;+1;+4/p-2/b2-1-;;. The Morgan fingerprint density at radius 1 is 1.00 bits per heavy atom. The molecule has 0 heterocycles. The SMILES string of the molecule is O=C([O-])/C=C\C(=O)[O-].[K+].[Zr+4]. The summed E-state index contributed by atoms with van der Waals surface area (Å²) >= 11 is 0. The van der Waals surface area contributed by atoms with E-state index in [0.29, 0.717) is 12.2 Å². The van der Waals surface area contributed by atoms with Crippen molar-refractivity contribution in [3.05, 3.63) is 12.2 Å². The quantitative estimate of drug-likeness (QED) is 0.358. The molecule has 0 aliphatic carbocycles. The number of hydrogen-bond acceptors (Lipinski definition) is 4. The Balaban J connectivity index is -0.000000245. The van der Waals surface area contributed by atoms with Gasteiger partial charge in [0.15, 0.2) is 0 Å². The van der Waals surface area contributed by atoms with Crippen LogP contribution in [0.15, 0.2) is 12.2 Å². The first-order valence-electron chi connectivity index (χ1n) is 1.73. The first-order valence-corrected chi connectivity index (χ1v) is 1.73. The number of aliphatic carboxylic acids is 2. The van der Waals surface area contributed by atoms with Gasteiger partial charge in [-0.25, -0.2) is 0 Å². The van der Waals surface area contributed by atoms with Crippen LogP contribution in [-0.4, -0.2) is 11.9 Å². The summed E-state index contributed by atoms with van der Waals surface area (Å²) in [5, 5.41) is 18.8. The van der Waals surface area contributed by atoms with Crippen LogP contribution in [0.4, 0.5) is 0 Å². The molecule has 6 heteroatoms. The molecule has 4 nitrogen and oxygen atoms in total. The van der Waals surface area contributed by atoms with Gasteiger partial charge in [0.25, 0.3) is 0 Å². The fraction of sp³-hybridized carbons (Fsp3) is 0. The molecule has 10 heavy (non-hydrogen) atoms. The molecule has 0 fully saturated rings. The van der Waals surface area contributed by atoms with E-state index >= 15 is 0 Å². The Morgan fingerprint density at radius 3 is 1.30 bits per heavy atom. The Labute approximate surface area is 119 Å². The van der Waals surface area contributed by atoms with E-state index < -0.39 is 11.9 Å². The molecule has 0 aromatic rings. The molecule has 0 radical (unpaired) electrons. The van der Waals surface area contributed by atoms with Crippen LogP contribution in [0.3, 0.4) is 0 Å². The monoisotopic (exact) mass is 243 g/mol. The third-order valence-corrected chi connectivity index (χ3v) is 0.355. The van der Waals surface area contributed by atoms with Gasteiger partial charge in [0.05, 0.1) is 11.9 Å². The average Bonchev–Trinajstić information content (AvgIpc) is 1.61. The van der Waals surface area contributed by atoms with Crippen LogP contribution in [0, 0.1) is 0 Å². The smallest absolute Gasteiger partial charge is 0.545 e. The third kappa shape index (κ3) is 16.1. The number of carboxylic acids is 2. The molecule has 44 valence electrons. The Kier molecular flexibility index (Phi) is 17.7. The molecule has 0 aliphatic heterocycles. The Hall–Kier alpha value is 1.20. The minimum Gasteiger partial charge on any atom is -0.545 e. The fourth-order valence-electron chi connectivity index (χ4n) is 0.136. The minimum absolute atomic E-state index is 0. The van der Waals surface area contributed by atoms with E-state index in [4.69, 9.17) is 0 Å². The van der Waals surface area contributed by atoms with Crippen LogP contribution in [-0.2, 0) is 35.8 Å². The summed E-state index contributed by atoms with van der Waals surface area (Å²) in [5.74, 6) is -3.09. The molecule has 0 spiro atoms. The number of carbonyl (C=O) groups excluding carboxylic acids is 2. The maximum Gasteiger partial charge on any atom is 4.00 e. The predicted octanol–water partition coefficient (Wildman–Crippen LogP) is -5.96. The summed E-state index contributed by atoms with van der Waals surface area (Å²) in [5.41, 5.74) is 0. The van der Waals surface area contributed by atoms with Gasteiger partial charge < -0.3 is 19.8 Å². The van der Waals surface area contributed by atoms with Crippen molar-refractivity contribution in [1.82, 2.24) is 0 Å². The van der Waals surface area contributed by atoms with Gasteiger partial charge in [0.1, 0.15) is 0 Å².